The van der Waals surface area contributed by atoms with E-state index in [1.165, 1.54) is 24.0 Å². The highest BCUT2D eigenvalue weighted by molar-refractivity contribution is 7.99. The van der Waals surface area contributed by atoms with E-state index in [2.05, 4.69) is 0 Å². The zero-order valence-electron chi connectivity index (χ0n) is 9.81. The van der Waals surface area contributed by atoms with Gasteiger partial charge in [-0.3, -0.25) is 4.79 Å². The molecule has 1 N–H and O–H groups in total. The van der Waals surface area contributed by atoms with Gasteiger partial charge >= 0.3 is 5.97 Å². The SMILES string of the molecule is Cn1ccc(S(=O)(=O)N2CCSCC2C(=O)O)c1. The molecule has 100 valence electrons. The summed E-state index contributed by atoms with van der Waals surface area (Å²) < 4.78 is 27.4. The summed E-state index contributed by atoms with van der Waals surface area (Å²) in [6.45, 7) is 0.235. The first-order valence-corrected chi connectivity index (χ1v) is 7.97. The van der Waals surface area contributed by atoms with Crippen LogP contribution in [0.3, 0.4) is 0 Å². The summed E-state index contributed by atoms with van der Waals surface area (Å²) in [7, 11) is -2.00. The summed E-state index contributed by atoms with van der Waals surface area (Å²) in [4.78, 5) is 11.3. The van der Waals surface area contributed by atoms with Crippen molar-refractivity contribution >= 4 is 27.8 Å². The van der Waals surface area contributed by atoms with Crippen molar-refractivity contribution in [2.45, 2.75) is 10.9 Å². The topological polar surface area (TPSA) is 79.6 Å². The summed E-state index contributed by atoms with van der Waals surface area (Å²) in [5, 5.41) is 9.10. The number of carbonyl (C=O) groups is 1. The van der Waals surface area contributed by atoms with Crippen LogP contribution in [0.1, 0.15) is 0 Å². The number of carboxylic acids is 1. The van der Waals surface area contributed by atoms with Gasteiger partial charge in [0.25, 0.3) is 0 Å². The fourth-order valence-corrected chi connectivity index (χ4v) is 4.72. The van der Waals surface area contributed by atoms with Gasteiger partial charge in [0.05, 0.1) is 4.90 Å². The smallest absolute Gasteiger partial charge is 0.322 e. The Hall–Kier alpha value is -0.990. The van der Waals surface area contributed by atoms with Gasteiger partial charge in [0.2, 0.25) is 10.0 Å². The molecule has 2 heterocycles. The molecule has 1 saturated heterocycles. The first kappa shape index (κ1) is 13.4. The van der Waals surface area contributed by atoms with Crippen LogP contribution >= 0.6 is 11.8 Å². The fraction of sp³-hybridized carbons (Fsp3) is 0.500. The van der Waals surface area contributed by atoms with E-state index in [1.807, 2.05) is 0 Å². The molecule has 2 rings (SSSR count). The summed E-state index contributed by atoms with van der Waals surface area (Å²) >= 11 is 1.46. The molecule has 18 heavy (non-hydrogen) atoms. The molecule has 0 radical (unpaired) electrons. The van der Waals surface area contributed by atoms with Gasteiger partial charge in [-0.2, -0.15) is 16.1 Å². The third-order valence-corrected chi connectivity index (χ3v) is 5.69. The molecular formula is C10H14N2O4S2. The van der Waals surface area contributed by atoms with Gasteiger partial charge in [0.15, 0.2) is 0 Å². The lowest BCUT2D eigenvalue weighted by atomic mass is 10.3. The van der Waals surface area contributed by atoms with Crippen molar-refractivity contribution in [2.24, 2.45) is 7.05 Å². The summed E-state index contributed by atoms with van der Waals surface area (Å²) in [5.41, 5.74) is 0. The zero-order valence-corrected chi connectivity index (χ0v) is 11.4. The number of thioether (sulfide) groups is 1. The summed E-state index contributed by atoms with van der Waals surface area (Å²) in [6.07, 6.45) is 3.11. The van der Waals surface area contributed by atoms with Crippen LogP contribution in [-0.2, 0) is 21.9 Å². The number of sulfonamides is 1. The minimum absolute atomic E-state index is 0.142. The highest BCUT2D eigenvalue weighted by Crippen LogP contribution is 2.24. The van der Waals surface area contributed by atoms with Crippen molar-refractivity contribution < 1.29 is 18.3 Å². The van der Waals surface area contributed by atoms with Gasteiger partial charge in [0, 0.05) is 37.5 Å². The average molecular weight is 290 g/mol. The number of aliphatic carboxylic acids is 1. The molecule has 1 aromatic rings. The fourth-order valence-electron chi connectivity index (χ4n) is 1.84. The molecule has 1 aromatic heterocycles. The molecule has 0 spiro atoms. The van der Waals surface area contributed by atoms with Gasteiger partial charge in [-0.05, 0) is 6.07 Å². The Morgan fingerprint density at radius 2 is 2.28 bits per heavy atom. The molecule has 0 saturated carbocycles. The molecule has 1 fully saturated rings. The monoisotopic (exact) mass is 290 g/mol. The maximum absolute atomic E-state index is 12.4. The summed E-state index contributed by atoms with van der Waals surface area (Å²) in [5.74, 6) is -0.182. The highest BCUT2D eigenvalue weighted by atomic mass is 32.2. The molecule has 6 nitrogen and oxygen atoms in total. The number of carboxylic acid groups (broad SMARTS) is 1. The maximum atomic E-state index is 12.4. The molecule has 0 amide bonds. The quantitative estimate of drug-likeness (QED) is 0.861. The number of rotatable bonds is 3. The molecule has 0 bridgehead atoms. The van der Waals surface area contributed by atoms with Crippen molar-refractivity contribution in [1.82, 2.24) is 8.87 Å². The van der Waals surface area contributed by atoms with Crippen molar-refractivity contribution in [3.05, 3.63) is 18.5 Å². The zero-order chi connectivity index (χ0) is 13.3. The number of aromatic nitrogens is 1. The Balaban J connectivity index is 2.36. The van der Waals surface area contributed by atoms with Gasteiger partial charge < -0.3 is 9.67 Å². The van der Waals surface area contributed by atoms with E-state index in [0.717, 1.165) is 4.31 Å². The normalized spacial score (nSPS) is 21.9. The Morgan fingerprint density at radius 3 is 2.83 bits per heavy atom. The largest absolute Gasteiger partial charge is 0.480 e. The number of hydrogen-bond acceptors (Lipinski definition) is 4. The predicted octanol–water partition coefficient (Wildman–Crippen LogP) is 0.216. The number of aryl methyl sites for hydroxylation is 1. The van der Waals surface area contributed by atoms with E-state index in [4.69, 9.17) is 5.11 Å². The lowest BCUT2D eigenvalue weighted by Gasteiger charge is -2.31. The van der Waals surface area contributed by atoms with Crippen LogP contribution in [0.4, 0.5) is 0 Å². The predicted molar refractivity (Wildman–Crippen MR) is 68.1 cm³/mol. The second kappa shape index (κ2) is 4.94. The van der Waals surface area contributed by atoms with E-state index >= 15 is 0 Å². The van der Waals surface area contributed by atoms with Crippen molar-refractivity contribution in [2.75, 3.05) is 18.1 Å². The van der Waals surface area contributed by atoms with Crippen LogP contribution in [0.2, 0.25) is 0 Å². The Kier molecular flexibility index (Phi) is 3.69. The highest BCUT2D eigenvalue weighted by Gasteiger charge is 2.38. The molecular weight excluding hydrogens is 276 g/mol. The lowest BCUT2D eigenvalue weighted by molar-refractivity contribution is -0.140. The maximum Gasteiger partial charge on any atom is 0.322 e. The van der Waals surface area contributed by atoms with Crippen LogP contribution < -0.4 is 0 Å². The molecule has 0 aromatic carbocycles. The van der Waals surface area contributed by atoms with E-state index in [1.54, 1.807) is 17.8 Å². The Morgan fingerprint density at radius 1 is 1.56 bits per heavy atom. The Labute approximate surface area is 110 Å². The van der Waals surface area contributed by atoms with Gasteiger partial charge in [-0.15, -0.1) is 0 Å². The van der Waals surface area contributed by atoms with Crippen molar-refractivity contribution in [1.29, 1.82) is 0 Å². The molecule has 1 unspecified atom stereocenters. The van der Waals surface area contributed by atoms with Crippen LogP contribution in [0.5, 0.6) is 0 Å². The van der Waals surface area contributed by atoms with Gasteiger partial charge in [-0.1, -0.05) is 0 Å². The third-order valence-electron chi connectivity index (χ3n) is 2.78. The molecule has 1 aliphatic rings. The number of nitrogens with zero attached hydrogens (tertiary/aromatic N) is 2. The second-order valence-electron chi connectivity index (χ2n) is 4.06. The van der Waals surface area contributed by atoms with Crippen molar-refractivity contribution in [3.8, 4) is 0 Å². The minimum atomic E-state index is -3.72. The summed E-state index contributed by atoms with van der Waals surface area (Å²) in [6, 6.07) is 0.504. The van der Waals surface area contributed by atoms with Gasteiger partial charge in [0.1, 0.15) is 6.04 Å². The number of hydrogen-bond donors (Lipinski definition) is 1. The Bertz CT molecular complexity index is 552. The second-order valence-corrected chi connectivity index (χ2v) is 7.10. The van der Waals surface area contributed by atoms with Crippen molar-refractivity contribution in [3.63, 3.8) is 0 Å². The molecule has 1 atom stereocenters. The minimum Gasteiger partial charge on any atom is -0.480 e. The van der Waals surface area contributed by atoms with Gasteiger partial charge in [-0.25, -0.2) is 8.42 Å². The van der Waals surface area contributed by atoms with Crippen LogP contribution in [0, 0.1) is 0 Å². The van der Waals surface area contributed by atoms with E-state index < -0.39 is 22.0 Å². The van der Waals surface area contributed by atoms with Crippen LogP contribution in [-0.4, -0.2) is 52.5 Å². The van der Waals surface area contributed by atoms with Crippen LogP contribution in [0.25, 0.3) is 0 Å². The molecule has 8 heteroatoms. The average Bonchev–Trinajstić information content (AvgIpc) is 2.76. The molecule has 0 aliphatic carbocycles. The first-order chi connectivity index (χ1) is 8.43. The standard InChI is InChI=1S/C10H14N2O4S2/c1-11-3-2-8(6-11)18(15,16)12-4-5-17-7-9(12)10(13)14/h2-3,6,9H,4-5,7H2,1H3,(H,13,14). The first-order valence-electron chi connectivity index (χ1n) is 5.37. The van der Waals surface area contributed by atoms with E-state index in [9.17, 15) is 13.2 Å². The van der Waals surface area contributed by atoms with E-state index in [-0.39, 0.29) is 11.4 Å². The van der Waals surface area contributed by atoms with Crippen LogP contribution in [0.15, 0.2) is 23.4 Å². The van der Waals surface area contributed by atoms with E-state index in [0.29, 0.717) is 11.5 Å². The third kappa shape index (κ3) is 2.40. The molecule has 1 aliphatic heterocycles. The lowest BCUT2D eigenvalue weighted by Crippen LogP contribution is -2.50.